The summed E-state index contributed by atoms with van der Waals surface area (Å²) >= 11 is 0. The number of hydrogen-bond acceptors (Lipinski definition) is 5. The van der Waals surface area contributed by atoms with Gasteiger partial charge in [-0.3, -0.25) is 5.32 Å². The van der Waals surface area contributed by atoms with E-state index in [-0.39, 0.29) is 0 Å². The number of nitrogens with one attached hydrogen (secondary N) is 2. The highest BCUT2D eigenvalue weighted by Crippen LogP contribution is 2.29. The zero-order valence-electron chi connectivity index (χ0n) is 14.7. The quantitative estimate of drug-likeness (QED) is 0.896. The Morgan fingerprint density at radius 3 is 2.68 bits per heavy atom. The number of aryl methyl sites for hydroxylation is 2. The Bertz CT molecular complexity index is 728. The summed E-state index contributed by atoms with van der Waals surface area (Å²) in [7, 11) is 0. The van der Waals surface area contributed by atoms with E-state index < -0.39 is 6.09 Å². The summed E-state index contributed by atoms with van der Waals surface area (Å²) in [6.45, 7) is 7.54. The Labute approximate surface area is 148 Å². The van der Waals surface area contributed by atoms with Crippen LogP contribution in [0.2, 0.25) is 0 Å². The smallest absolute Gasteiger partial charge is 0.406 e. The second-order valence-electron chi connectivity index (χ2n) is 6.03. The van der Waals surface area contributed by atoms with Crippen LogP contribution in [-0.4, -0.2) is 37.3 Å². The summed E-state index contributed by atoms with van der Waals surface area (Å²) in [5.41, 5.74) is 2.76. The zero-order valence-corrected chi connectivity index (χ0v) is 14.7. The molecule has 6 heteroatoms. The van der Waals surface area contributed by atoms with Crippen LogP contribution in [0.3, 0.4) is 0 Å². The van der Waals surface area contributed by atoms with E-state index in [1.807, 2.05) is 43.3 Å². The van der Waals surface area contributed by atoms with E-state index in [2.05, 4.69) is 22.5 Å². The SMILES string of the molecule is CCc1cc(OC(=O)Nc2ccccc2)c(N2CCNCC2)nc1C. The van der Waals surface area contributed by atoms with Crippen molar-refractivity contribution in [3.8, 4) is 5.75 Å². The Morgan fingerprint density at radius 2 is 2.00 bits per heavy atom. The molecule has 6 nitrogen and oxygen atoms in total. The molecule has 0 radical (unpaired) electrons. The second kappa shape index (κ2) is 7.98. The van der Waals surface area contributed by atoms with Gasteiger partial charge < -0.3 is 15.0 Å². The molecule has 0 spiro atoms. The molecule has 1 aliphatic rings. The maximum absolute atomic E-state index is 12.3. The predicted molar refractivity (Wildman–Crippen MR) is 99.5 cm³/mol. The molecule has 25 heavy (non-hydrogen) atoms. The Morgan fingerprint density at radius 1 is 1.28 bits per heavy atom. The Kier molecular flexibility index (Phi) is 5.50. The lowest BCUT2D eigenvalue weighted by atomic mass is 10.1. The Balaban J connectivity index is 1.83. The molecule has 0 atom stereocenters. The fourth-order valence-corrected chi connectivity index (χ4v) is 2.91. The highest BCUT2D eigenvalue weighted by atomic mass is 16.6. The lowest BCUT2D eigenvalue weighted by Gasteiger charge is -2.30. The van der Waals surface area contributed by atoms with E-state index in [0.29, 0.717) is 11.4 Å². The molecule has 0 unspecified atom stereocenters. The molecule has 1 fully saturated rings. The number of anilines is 2. The number of rotatable bonds is 4. The third-order valence-electron chi connectivity index (χ3n) is 4.28. The van der Waals surface area contributed by atoms with Crippen LogP contribution in [0.15, 0.2) is 36.4 Å². The summed E-state index contributed by atoms with van der Waals surface area (Å²) in [6, 6.07) is 11.2. The van der Waals surface area contributed by atoms with Crippen molar-refractivity contribution >= 4 is 17.6 Å². The first kappa shape index (κ1) is 17.2. The van der Waals surface area contributed by atoms with Crippen molar-refractivity contribution in [3.05, 3.63) is 47.7 Å². The summed E-state index contributed by atoms with van der Waals surface area (Å²) in [5, 5.41) is 6.08. The minimum absolute atomic E-state index is 0.504. The van der Waals surface area contributed by atoms with Gasteiger partial charge in [-0.2, -0.15) is 0 Å². The van der Waals surface area contributed by atoms with Gasteiger partial charge in [0.25, 0.3) is 0 Å². The molecular weight excluding hydrogens is 316 g/mol. The van der Waals surface area contributed by atoms with Crippen molar-refractivity contribution in [1.82, 2.24) is 10.3 Å². The van der Waals surface area contributed by atoms with E-state index in [1.54, 1.807) is 0 Å². The van der Waals surface area contributed by atoms with Gasteiger partial charge in [-0.1, -0.05) is 25.1 Å². The van der Waals surface area contributed by atoms with E-state index in [1.165, 1.54) is 0 Å². The van der Waals surface area contributed by atoms with Crippen LogP contribution in [-0.2, 0) is 6.42 Å². The van der Waals surface area contributed by atoms with Crippen molar-refractivity contribution in [2.24, 2.45) is 0 Å². The number of amides is 1. The molecular formula is C19H24N4O2. The monoisotopic (exact) mass is 340 g/mol. The predicted octanol–water partition coefficient (Wildman–Crippen LogP) is 2.97. The maximum atomic E-state index is 12.3. The second-order valence-corrected chi connectivity index (χ2v) is 6.03. The summed E-state index contributed by atoms with van der Waals surface area (Å²) in [6.07, 6.45) is 0.340. The first-order valence-electron chi connectivity index (χ1n) is 8.67. The number of nitrogens with zero attached hydrogens (tertiary/aromatic N) is 2. The molecule has 1 amide bonds. The van der Waals surface area contributed by atoms with E-state index >= 15 is 0 Å². The van der Waals surface area contributed by atoms with E-state index in [4.69, 9.17) is 9.72 Å². The molecule has 1 aromatic heterocycles. The van der Waals surface area contributed by atoms with E-state index in [9.17, 15) is 4.79 Å². The molecule has 2 aromatic rings. The molecule has 1 aromatic carbocycles. The van der Waals surface area contributed by atoms with Crippen LogP contribution in [0.25, 0.3) is 0 Å². The number of piperazine rings is 1. The number of aromatic nitrogens is 1. The molecule has 132 valence electrons. The average Bonchev–Trinajstić information content (AvgIpc) is 2.64. The summed E-state index contributed by atoms with van der Waals surface area (Å²) < 4.78 is 5.63. The number of ether oxygens (including phenoxy) is 1. The van der Waals surface area contributed by atoms with Crippen molar-refractivity contribution in [3.63, 3.8) is 0 Å². The number of carbonyl (C=O) groups excluding carboxylic acids is 1. The van der Waals surface area contributed by atoms with Crippen molar-refractivity contribution in [1.29, 1.82) is 0 Å². The largest absolute Gasteiger partial charge is 0.417 e. The molecule has 2 N–H and O–H groups in total. The summed E-state index contributed by atoms with van der Waals surface area (Å²) in [5.74, 6) is 1.25. The fraction of sp³-hybridized carbons (Fsp3) is 0.368. The van der Waals surface area contributed by atoms with Gasteiger partial charge in [0.15, 0.2) is 11.6 Å². The molecule has 0 bridgehead atoms. The third-order valence-corrected chi connectivity index (χ3v) is 4.28. The first-order chi connectivity index (χ1) is 12.2. The minimum atomic E-state index is -0.504. The molecule has 1 saturated heterocycles. The van der Waals surface area contributed by atoms with Gasteiger partial charge in [-0.25, -0.2) is 9.78 Å². The van der Waals surface area contributed by atoms with Gasteiger partial charge in [-0.15, -0.1) is 0 Å². The van der Waals surface area contributed by atoms with Gasteiger partial charge in [0.05, 0.1) is 0 Å². The summed E-state index contributed by atoms with van der Waals surface area (Å²) in [4.78, 5) is 19.2. The Hall–Kier alpha value is -2.60. The topological polar surface area (TPSA) is 66.5 Å². The molecule has 3 rings (SSSR count). The van der Waals surface area contributed by atoms with Crippen LogP contribution < -0.4 is 20.3 Å². The standard InChI is InChI=1S/C19H24N4O2/c1-3-15-13-17(25-19(24)22-16-7-5-4-6-8-16)18(21-14(15)2)23-11-9-20-10-12-23/h4-8,13,20H,3,9-12H2,1-2H3,(H,22,24). The number of pyridine rings is 1. The van der Waals surface area contributed by atoms with Crippen LogP contribution in [0.4, 0.5) is 16.3 Å². The van der Waals surface area contributed by atoms with Crippen LogP contribution in [0.5, 0.6) is 5.75 Å². The van der Waals surface area contributed by atoms with Crippen molar-refractivity contribution < 1.29 is 9.53 Å². The van der Waals surface area contributed by atoms with Crippen molar-refractivity contribution in [2.45, 2.75) is 20.3 Å². The molecule has 0 aliphatic carbocycles. The van der Waals surface area contributed by atoms with Crippen LogP contribution >= 0.6 is 0 Å². The van der Waals surface area contributed by atoms with Gasteiger partial charge in [0.2, 0.25) is 0 Å². The van der Waals surface area contributed by atoms with Crippen LogP contribution in [0.1, 0.15) is 18.2 Å². The lowest BCUT2D eigenvalue weighted by Crippen LogP contribution is -2.44. The van der Waals surface area contributed by atoms with E-state index in [0.717, 1.165) is 49.7 Å². The molecule has 2 heterocycles. The highest BCUT2D eigenvalue weighted by Gasteiger charge is 2.20. The number of para-hydroxylation sites is 1. The van der Waals surface area contributed by atoms with Gasteiger partial charge in [0.1, 0.15) is 0 Å². The van der Waals surface area contributed by atoms with Gasteiger partial charge >= 0.3 is 6.09 Å². The first-order valence-corrected chi connectivity index (χ1v) is 8.67. The lowest BCUT2D eigenvalue weighted by molar-refractivity contribution is 0.215. The average molecular weight is 340 g/mol. The van der Waals surface area contributed by atoms with Crippen LogP contribution in [0, 0.1) is 6.92 Å². The molecule has 0 saturated carbocycles. The fourth-order valence-electron chi connectivity index (χ4n) is 2.91. The third kappa shape index (κ3) is 4.28. The number of hydrogen-bond donors (Lipinski definition) is 2. The zero-order chi connectivity index (χ0) is 17.6. The number of benzene rings is 1. The highest BCUT2D eigenvalue weighted by molar-refractivity contribution is 5.87. The number of carbonyl (C=O) groups is 1. The molecule has 1 aliphatic heterocycles. The van der Waals surface area contributed by atoms with Crippen molar-refractivity contribution in [2.75, 3.05) is 36.4 Å². The van der Waals surface area contributed by atoms with Gasteiger partial charge in [-0.05, 0) is 37.1 Å². The maximum Gasteiger partial charge on any atom is 0.417 e. The normalized spacial score (nSPS) is 14.2. The minimum Gasteiger partial charge on any atom is -0.406 e. The van der Waals surface area contributed by atoms with Gasteiger partial charge in [0, 0.05) is 37.6 Å².